The smallest absolute Gasteiger partial charge is 0.231 e. The molecule has 1 atom stereocenters. The zero-order valence-corrected chi connectivity index (χ0v) is 11.2. The minimum absolute atomic E-state index is 0.215. The van der Waals surface area contributed by atoms with Crippen LogP contribution in [0.15, 0.2) is 0 Å². The normalized spacial score (nSPS) is 13.1. The number of carbonyl (C=O) groups excluding carboxylic acids is 1. The van der Waals surface area contributed by atoms with Crippen LogP contribution >= 0.6 is 12.2 Å². The molecule has 4 nitrogen and oxygen atoms in total. The predicted octanol–water partition coefficient (Wildman–Crippen LogP) is 0.884. The van der Waals surface area contributed by atoms with E-state index >= 15 is 0 Å². The monoisotopic (exact) mass is 245 g/mol. The molecule has 4 N–H and O–H groups in total. The third-order valence-electron chi connectivity index (χ3n) is 2.38. The summed E-state index contributed by atoms with van der Waals surface area (Å²) in [6.45, 7) is 7.41. The van der Waals surface area contributed by atoms with E-state index in [1.807, 2.05) is 0 Å². The van der Waals surface area contributed by atoms with E-state index in [1.165, 1.54) is 0 Å². The van der Waals surface area contributed by atoms with Gasteiger partial charge >= 0.3 is 0 Å². The summed E-state index contributed by atoms with van der Waals surface area (Å²) in [4.78, 5) is 13.6. The quantitative estimate of drug-likeness (QED) is 0.623. The Morgan fingerprint density at radius 2 is 1.94 bits per heavy atom. The molecule has 16 heavy (non-hydrogen) atoms. The molecule has 5 heteroatoms. The van der Waals surface area contributed by atoms with Crippen LogP contribution in [0.2, 0.25) is 0 Å². The van der Waals surface area contributed by atoms with E-state index in [9.17, 15) is 4.79 Å². The van der Waals surface area contributed by atoms with E-state index < -0.39 is 0 Å². The Hall–Kier alpha value is -0.680. The summed E-state index contributed by atoms with van der Waals surface area (Å²) in [7, 11) is 0. The Kier molecular flexibility index (Phi) is 7.25. The highest BCUT2D eigenvalue weighted by molar-refractivity contribution is 7.80. The van der Waals surface area contributed by atoms with Gasteiger partial charge in [0.1, 0.15) is 0 Å². The summed E-state index contributed by atoms with van der Waals surface area (Å²) in [6.07, 6.45) is 1.56. The van der Waals surface area contributed by atoms with E-state index in [0.29, 0.717) is 17.3 Å². The Morgan fingerprint density at radius 3 is 2.25 bits per heavy atom. The van der Waals surface area contributed by atoms with Crippen LogP contribution in [0.4, 0.5) is 0 Å². The molecule has 1 unspecified atom stereocenters. The van der Waals surface area contributed by atoms with Crippen LogP contribution in [0.1, 0.15) is 33.6 Å². The van der Waals surface area contributed by atoms with Gasteiger partial charge in [-0.15, -0.1) is 0 Å². The second-order valence-corrected chi connectivity index (χ2v) is 5.05. The van der Waals surface area contributed by atoms with E-state index in [4.69, 9.17) is 23.7 Å². The Balaban J connectivity index is 4.53. The van der Waals surface area contributed by atoms with E-state index in [0.717, 1.165) is 13.0 Å². The SMILES string of the molecule is CCC(CC(N)=S)N(CC(N)=O)CC(C)C. The van der Waals surface area contributed by atoms with Gasteiger partial charge in [0.15, 0.2) is 0 Å². The van der Waals surface area contributed by atoms with Crippen LogP contribution in [0.5, 0.6) is 0 Å². The number of thiocarbonyl (C=S) groups is 1. The third-order valence-corrected chi connectivity index (χ3v) is 2.55. The summed E-state index contributed by atoms with van der Waals surface area (Å²) in [5.74, 6) is 0.182. The zero-order chi connectivity index (χ0) is 12.7. The highest BCUT2D eigenvalue weighted by Gasteiger charge is 2.20. The Bertz CT molecular complexity index is 243. The number of nitrogens with two attached hydrogens (primary N) is 2. The van der Waals surface area contributed by atoms with Crippen molar-refractivity contribution in [2.75, 3.05) is 13.1 Å². The fraction of sp³-hybridized carbons (Fsp3) is 0.818. The molecule has 0 aromatic rings. The zero-order valence-electron chi connectivity index (χ0n) is 10.4. The topological polar surface area (TPSA) is 72.3 Å². The first kappa shape index (κ1) is 15.3. The molecule has 1 amide bonds. The van der Waals surface area contributed by atoms with Gasteiger partial charge in [-0.3, -0.25) is 9.69 Å². The minimum Gasteiger partial charge on any atom is -0.393 e. The molecule has 0 saturated carbocycles. The van der Waals surface area contributed by atoms with Crippen molar-refractivity contribution >= 4 is 23.1 Å². The minimum atomic E-state index is -0.304. The Morgan fingerprint density at radius 1 is 1.38 bits per heavy atom. The van der Waals surface area contributed by atoms with E-state index in [-0.39, 0.29) is 18.5 Å². The van der Waals surface area contributed by atoms with E-state index in [1.54, 1.807) is 0 Å². The first-order valence-electron chi connectivity index (χ1n) is 5.67. The molecule has 0 aromatic heterocycles. The molecule has 0 spiro atoms. The average Bonchev–Trinajstić information content (AvgIpc) is 2.11. The molecule has 0 radical (unpaired) electrons. The lowest BCUT2D eigenvalue weighted by atomic mass is 10.1. The number of amides is 1. The van der Waals surface area contributed by atoms with Crippen LogP contribution < -0.4 is 11.5 Å². The molecule has 0 aliphatic carbocycles. The first-order valence-corrected chi connectivity index (χ1v) is 6.08. The maximum absolute atomic E-state index is 11.0. The van der Waals surface area contributed by atoms with Gasteiger partial charge in [-0.05, 0) is 12.3 Å². The molecule has 0 bridgehead atoms. The number of nitrogens with zero attached hydrogens (tertiary/aromatic N) is 1. The standard InChI is InChI=1S/C11H23N3OS/c1-4-9(5-11(13)16)14(6-8(2)3)7-10(12)15/h8-9H,4-7H2,1-3H3,(H2,12,15)(H2,13,16). The average molecular weight is 245 g/mol. The van der Waals surface area contributed by atoms with Gasteiger partial charge in [0.25, 0.3) is 0 Å². The van der Waals surface area contributed by atoms with Crippen molar-refractivity contribution in [1.82, 2.24) is 4.90 Å². The van der Waals surface area contributed by atoms with Crippen molar-refractivity contribution in [3.05, 3.63) is 0 Å². The van der Waals surface area contributed by atoms with Crippen LogP contribution in [-0.4, -0.2) is 34.9 Å². The van der Waals surface area contributed by atoms with Crippen molar-refractivity contribution in [2.24, 2.45) is 17.4 Å². The second kappa shape index (κ2) is 7.57. The first-order chi connectivity index (χ1) is 7.36. The molecule has 94 valence electrons. The van der Waals surface area contributed by atoms with Gasteiger partial charge in [-0.25, -0.2) is 0 Å². The molecule has 0 aliphatic rings. The lowest BCUT2D eigenvalue weighted by molar-refractivity contribution is -0.119. The van der Waals surface area contributed by atoms with Crippen molar-refractivity contribution in [1.29, 1.82) is 0 Å². The van der Waals surface area contributed by atoms with Crippen LogP contribution in [0.3, 0.4) is 0 Å². The summed E-state index contributed by atoms with van der Waals surface area (Å²) in [6, 6.07) is 0.215. The number of carbonyl (C=O) groups is 1. The lowest BCUT2D eigenvalue weighted by Gasteiger charge is -2.31. The highest BCUT2D eigenvalue weighted by atomic mass is 32.1. The van der Waals surface area contributed by atoms with Gasteiger partial charge in [0, 0.05) is 19.0 Å². The fourth-order valence-electron chi connectivity index (χ4n) is 1.78. The summed E-state index contributed by atoms with van der Waals surface area (Å²) >= 11 is 4.92. The summed E-state index contributed by atoms with van der Waals surface area (Å²) < 4.78 is 0. The van der Waals surface area contributed by atoms with Crippen molar-refractivity contribution in [2.45, 2.75) is 39.7 Å². The van der Waals surface area contributed by atoms with Crippen molar-refractivity contribution < 1.29 is 4.79 Å². The fourth-order valence-corrected chi connectivity index (χ4v) is 1.97. The largest absolute Gasteiger partial charge is 0.393 e. The molecule has 0 fully saturated rings. The molecule has 0 heterocycles. The number of hydrogen-bond acceptors (Lipinski definition) is 3. The molecule has 0 aromatic carbocycles. The Labute approximate surface area is 103 Å². The number of primary amides is 1. The van der Waals surface area contributed by atoms with Crippen molar-refractivity contribution in [3.8, 4) is 0 Å². The lowest BCUT2D eigenvalue weighted by Crippen LogP contribution is -2.44. The van der Waals surface area contributed by atoms with Crippen molar-refractivity contribution in [3.63, 3.8) is 0 Å². The third kappa shape index (κ3) is 6.74. The van der Waals surface area contributed by atoms with Crippen LogP contribution in [0, 0.1) is 5.92 Å². The van der Waals surface area contributed by atoms with Gasteiger partial charge < -0.3 is 11.5 Å². The second-order valence-electron chi connectivity index (χ2n) is 4.52. The summed E-state index contributed by atoms with van der Waals surface area (Å²) in [5.41, 5.74) is 10.8. The number of rotatable bonds is 8. The molecule has 0 aliphatic heterocycles. The molecular weight excluding hydrogens is 222 g/mol. The number of hydrogen-bond donors (Lipinski definition) is 2. The van der Waals surface area contributed by atoms with Gasteiger partial charge in [0.2, 0.25) is 5.91 Å². The molecule has 0 saturated heterocycles. The van der Waals surface area contributed by atoms with Gasteiger partial charge in [0.05, 0.1) is 11.5 Å². The molecular formula is C11H23N3OS. The van der Waals surface area contributed by atoms with E-state index in [2.05, 4.69) is 25.7 Å². The molecule has 0 rings (SSSR count). The highest BCUT2D eigenvalue weighted by Crippen LogP contribution is 2.11. The summed E-state index contributed by atoms with van der Waals surface area (Å²) in [5, 5.41) is 0. The van der Waals surface area contributed by atoms with Crippen LogP contribution in [-0.2, 0) is 4.79 Å². The van der Waals surface area contributed by atoms with Crippen LogP contribution in [0.25, 0.3) is 0 Å². The van der Waals surface area contributed by atoms with Gasteiger partial charge in [-0.2, -0.15) is 0 Å². The maximum atomic E-state index is 11.0. The predicted molar refractivity (Wildman–Crippen MR) is 71.1 cm³/mol. The maximum Gasteiger partial charge on any atom is 0.231 e. The van der Waals surface area contributed by atoms with Gasteiger partial charge in [-0.1, -0.05) is 33.0 Å².